The van der Waals surface area contributed by atoms with Crippen LogP contribution in [0.4, 0.5) is 0 Å². The van der Waals surface area contributed by atoms with Gasteiger partial charge in [0.15, 0.2) is 11.5 Å². The van der Waals surface area contributed by atoms with Crippen LogP contribution in [0.1, 0.15) is 0 Å². The molecule has 0 spiro atoms. The molecule has 5 heteroatoms. The molecule has 2 aromatic carbocycles. The van der Waals surface area contributed by atoms with E-state index >= 15 is 0 Å². The molecule has 0 atom stereocenters. The van der Waals surface area contributed by atoms with E-state index in [2.05, 4.69) is 0 Å². The number of hydrogen-bond acceptors (Lipinski definition) is 5. The van der Waals surface area contributed by atoms with E-state index < -0.39 is 23.0 Å². The minimum atomic E-state index is -0.823. The number of benzene rings is 2. The van der Waals surface area contributed by atoms with Gasteiger partial charge in [-0.25, -0.2) is 0 Å². The summed E-state index contributed by atoms with van der Waals surface area (Å²) in [7, 11) is 0. The lowest BCUT2D eigenvalue weighted by atomic mass is 10.2. The first kappa shape index (κ1) is 10.9. The summed E-state index contributed by atoms with van der Waals surface area (Å²) in [6.07, 6.45) is 0. The standard InChI is InChI=1S/C12H10O5/c13-8-6-9(11(15)12(16)10(8)14)17-7-4-2-1-3-5-7/h1-6,13-16H. The quantitative estimate of drug-likeness (QED) is 0.473. The third-order valence-electron chi connectivity index (χ3n) is 2.16. The van der Waals surface area contributed by atoms with E-state index in [0.29, 0.717) is 5.75 Å². The molecule has 4 N–H and O–H groups in total. The zero-order chi connectivity index (χ0) is 12.4. The molecule has 17 heavy (non-hydrogen) atoms. The van der Waals surface area contributed by atoms with Crippen molar-refractivity contribution in [3.63, 3.8) is 0 Å². The lowest BCUT2D eigenvalue weighted by Gasteiger charge is -2.10. The molecular weight excluding hydrogens is 224 g/mol. The monoisotopic (exact) mass is 234 g/mol. The van der Waals surface area contributed by atoms with E-state index in [9.17, 15) is 15.3 Å². The van der Waals surface area contributed by atoms with Crippen LogP contribution in [0.2, 0.25) is 0 Å². The van der Waals surface area contributed by atoms with Gasteiger partial charge in [0.05, 0.1) is 0 Å². The zero-order valence-electron chi connectivity index (χ0n) is 8.66. The van der Waals surface area contributed by atoms with Crippen LogP contribution in [0.5, 0.6) is 34.5 Å². The van der Waals surface area contributed by atoms with E-state index in [1.165, 1.54) is 0 Å². The second kappa shape index (κ2) is 4.13. The van der Waals surface area contributed by atoms with Gasteiger partial charge in [-0.05, 0) is 12.1 Å². The molecule has 0 unspecified atom stereocenters. The van der Waals surface area contributed by atoms with Crippen LogP contribution < -0.4 is 4.74 Å². The Morgan fingerprint density at radius 2 is 1.41 bits per heavy atom. The number of phenolic OH excluding ortho intramolecular Hbond substituents is 4. The van der Waals surface area contributed by atoms with E-state index in [4.69, 9.17) is 9.84 Å². The molecule has 2 rings (SSSR count). The second-order valence-corrected chi connectivity index (χ2v) is 3.35. The molecule has 0 aliphatic rings. The highest BCUT2D eigenvalue weighted by Gasteiger charge is 2.17. The summed E-state index contributed by atoms with van der Waals surface area (Å²) < 4.78 is 5.24. The number of aromatic hydroxyl groups is 4. The van der Waals surface area contributed by atoms with Gasteiger partial charge < -0.3 is 25.2 Å². The molecule has 0 aliphatic carbocycles. The fraction of sp³-hybridized carbons (Fsp3) is 0. The highest BCUT2D eigenvalue weighted by Crippen LogP contribution is 2.48. The van der Waals surface area contributed by atoms with Crippen LogP contribution in [0.25, 0.3) is 0 Å². The van der Waals surface area contributed by atoms with Crippen LogP contribution >= 0.6 is 0 Å². The SMILES string of the molecule is Oc1cc(Oc2ccccc2)c(O)c(O)c1O. The first-order valence-corrected chi connectivity index (χ1v) is 4.79. The largest absolute Gasteiger partial charge is 0.504 e. The van der Waals surface area contributed by atoms with Gasteiger partial charge in [0.1, 0.15) is 5.75 Å². The van der Waals surface area contributed by atoms with E-state index in [-0.39, 0.29) is 5.75 Å². The Morgan fingerprint density at radius 3 is 2.06 bits per heavy atom. The molecule has 0 aromatic heterocycles. The number of ether oxygens (including phenoxy) is 1. The molecule has 0 radical (unpaired) electrons. The van der Waals surface area contributed by atoms with Crippen LogP contribution in [-0.2, 0) is 0 Å². The summed E-state index contributed by atoms with van der Waals surface area (Å²) in [6.45, 7) is 0. The Labute approximate surface area is 96.8 Å². The molecule has 0 bridgehead atoms. The maximum atomic E-state index is 9.52. The summed E-state index contributed by atoms with van der Waals surface area (Å²) >= 11 is 0. The van der Waals surface area contributed by atoms with Gasteiger partial charge in [0, 0.05) is 6.07 Å². The summed E-state index contributed by atoms with van der Waals surface area (Å²) in [6, 6.07) is 9.54. The predicted molar refractivity (Wildman–Crippen MR) is 59.6 cm³/mol. The van der Waals surface area contributed by atoms with Gasteiger partial charge >= 0.3 is 0 Å². The smallest absolute Gasteiger partial charge is 0.208 e. The lowest BCUT2D eigenvalue weighted by molar-refractivity contribution is 0.331. The van der Waals surface area contributed by atoms with Crippen LogP contribution in [0, 0.1) is 0 Å². The molecule has 0 saturated heterocycles. The number of hydrogen-bond donors (Lipinski definition) is 4. The zero-order valence-corrected chi connectivity index (χ0v) is 8.66. The highest BCUT2D eigenvalue weighted by atomic mass is 16.5. The number of phenols is 4. The molecular formula is C12H10O5. The van der Waals surface area contributed by atoms with Crippen molar-refractivity contribution in [1.29, 1.82) is 0 Å². The predicted octanol–water partition coefficient (Wildman–Crippen LogP) is 2.30. The summed E-state index contributed by atoms with van der Waals surface area (Å²) in [5.41, 5.74) is 0. The van der Waals surface area contributed by atoms with Gasteiger partial charge in [-0.15, -0.1) is 0 Å². The average Bonchev–Trinajstić information content (AvgIpc) is 2.35. The Balaban J connectivity index is 2.41. The first-order valence-electron chi connectivity index (χ1n) is 4.79. The van der Waals surface area contributed by atoms with Gasteiger partial charge in [0.25, 0.3) is 0 Å². The van der Waals surface area contributed by atoms with Crippen molar-refractivity contribution in [2.45, 2.75) is 0 Å². The van der Waals surface area contributed by atoms with Gasteiger partial charge in [0.2, 0.25) is 17.2 Å². The maximum Gasteiger partial charge on any atom is 0.208 e. The fourth-order valence-corrected chi connectivity index (χ4v) is 1.30. The number of rotatable bonds is 2. The van der Waals surface area contributed by atoms with Gasteiger partial charge in [-0.2, -0.15) is 0 Å². The third-order valence-corrected chi connectivity index (χ3v) is 2.16. The van der Waals surface area contributed by atoms with Crippen molar-refractivity contribution in [3.05, 3.63) is 36.4 Å². The van der Waals surface area contributed by atoms with Crippen molar-refractivity contribution < 1.29 is 25.2 Å². The molecule has 0 fully saturated rings. The van der Waals surface area contributed by atoms with Gasteiger partial charge in [-0.1, -0.05) is 18.2 Å². The van der Waals surface area contributed by atoms with E-state index in [1.807, 2.05) is 0 Å². The van der Waals surface area contributed by atoms with Crippen molar-refractivity contribution in [2.75, 3.05) is 0 Å². The van der Waals surface area contributed by atoms with Crippen LogP contribution in [0.15, 0.2) is 36.4 Å². The Kier molecular flexibility index (Phi) is 2.66. The van der Waals surface area contributed by atoms with E-state index in [0.717, 1.165) is 6.07 Å². The molecule has 0 amide bonds. The molecule has 0 aliphatic heterocycles. The fourth-order valence-electron chi connectivity index (χ4n) is 1.30. The average molecular weight is 234 g/mol. The minimum Gasteiger partial charge on any atom is -0.504 e. The molecule has 2 aromatic rings. The van der Waals surface area contributed by atoms with Crippen LogP contribution in [0.3, 0.4) is 0 Å². The summed E-state index contributed by atoms with van der Waals surface area (Å²) in [5.74, 6) is -2.55. The van der Waals surface area contributed by atoms with Crippen LogP contribution in [-0.4, -0.2) is 20.4 Å². The van der Waals surface area contributed by atoms with Gasteiger partial charge in [-0.3, -0.25) is 0 Å². The Morgan fingerprint density at radius 1 is 0.765 bits per heavy atom. The maximum absolute atomic E-state index is 9.52. The van der Waals surface area contributed by atoms with E-state index in [1.54, 1.807) is 30.3 Å². The normalized spacial score (nSPS) is 10.1. The molecule has 0 saturated carbocycles. The first-order chi connectivity index (χ1) is 8.09. The van der Waals surface area contributed by atoms with Crippen molar-refractivity contribution in [3.8, 4) is 34.5 Å². The molecule has 0 heterocycles. The third kappa shape index (κ3) is 2.03. The van der Waals surface area contributed by atoms with Crippen molar-refractivity contribution in [1.82, 2.24) is 0 Å². The Hall–Kier alpha value is -2.56. The molecule has 88 valence electrons. The summed E-state index contributed by atoms with van der Waals surface area (Å²) in [5, 5.41) is 37.3. The summed E-state index contributed by atoms with van der Waals surface area (Å²) in [4.78, 5) is 0. The molecule has 5 nitrogen and oxygen atoms in total. The highest BCUT2D eigenvalue weighted by molar-refractivity contribution is 5.63. The minimum absolute atomic E-state index is 0.149. The second-order valence-electron chi connectivity index (χ2n) is 3.35. The Bertz CT molecular complexity index is 536. The van der Waals surface area contributed by atoms with Crippen molar-refractivity contribution in [2.24, 2.45) is 0 Å². The lowest BCUT2D eigenvalue weighted by Crippen LogP contribution is -1.85. The van der Waals surface area contributed by atoms with Crippen molar-refractivity contribution >= 4 is 0 Å². The number of para-hydroxylation sites is 1. The topological polar surface area (TPSA) is 90.2 Å².